The Labute approximate surface area is 103 Å². The molecule has 5 nitrogen and oxygen atoms in total. The standard InChI is InChI=1S/C10H17BrN4O/c1-10(2,4-12)5-15(3)8-7(11)9(16)14-6-13-8/h6H,4-5,12H2,1-3H3,(H,13,14,16). The minimum Gasteiger partial charge on any atom is -0.358 e. The first kappa shape index (κ1) is 13.2. The molecular weight excluding hydrogens is 272 g/mol. The zero-order chi connectivity index (χ0) is 12.3. The zero-order valence-corrected chi connectivity index (χ0v) is 11.3. The van der Waals surface area contributed by atoms with E-state index < -0.39 is 0 Å². The Morgan fingerprint density at radius 1 is 1.62 bits per heavy atom. The summed E-state index contributed by atoms with van der Waals surface area (Å²) in [6.07, 6.45) is 1.40. The van der Waals surface area contributed by atoms with Crippen LogP contribution in [0.4, 0.5) is 5.82 Å². The lowest BCUT2D eigenvalue weighted by molar-refractivity contribution is 0.384. The van der Waals surface area contributed by atoms with Gasteiger partial charge in [-0.15, -0.1) is 0 Å². The highest BCUT2D eigenvalue weighted by Crippen LogP contribution is 2.22. The maximum atomic E-state index is 11.4. The van der Waals surface area contributed by atoms with Crippen molar-refractivity contribution in [1.82, 2.24) is 9.97 Å². The fraction of sp³-hybridized carbons (Fsp3) is 0.600. The van der Waals surface area contributed by atoms with Gasteiger partial charge in [0, 0.05) is 13.6 Å². The molecule has 0 saturated carbocycles. The average molecular weight is 289 g/mol. The third-order valence-corrected chi connectivity index (χ3v) is 3.07. The number of aromatic amines is 1. The van der Waals surface area contributed by atoms with Crippen molar-refractivity contribution in [2.45, 2.75) is 13.8 Å². The van der Waals surface area contributed by atoms with E-state index in [1.165, 1.54) is 6.33 Å². The van der Waals surface area contributed by atoms with Crippen LogP contribution in [0, 0.1) is 5.41 Å². The predicted octanol–water partition coefficient (Wildman–Crippen LogP) is 0.953. The summed E-state index contributed by atoms with van der Waals surface area (Å²) in [5, 5.41) is 0. The van der Waals surface area contributed by atoms with E-state index in [-0.39, 0.29) is 11.0 Å². The van der Waals surface area contributed by atoms with Gasteiger partial charge < -0.3 is 15.6 Å². The van der Waals surface area contributed by atoms with E-state index in [0.717, 1.165) is 6.54 Å². The molecule has 0 aromatic carbocycles. The number of rotatable bonds is 4. The summed E-state index contributed by atoms with van der Waals surface area (Å²) < 4.78 is 0.449. The number of nitrogens with two attached hydrogens (primary N) is 1. The second-order valence-electron chi connectivity index (χ2n) is 4.59. The first-order valence-electron chi connectivity index (χ1n) is 5.02. The molecule has 16 heavy (non-hydrogen) atoms. The maximum absolute atomic E-state index is 11.4. The molecule has 0 fully saturated rings. The smallest absolute Gasteiger partial charge is 0.267 e. The van der Waals surface area contributed by atoms with E-state index in [9.17, 15) is 4.79 Å². The minimum atomic E-state index is -0.178. The molecule has 0 saturated heterocycles. The molecule has 0 bridgehead atoms. The molecule has 1 rings (SSSR count). The Hall–Kier alpha value is -0.880. The van der Waals surface area contributed by atoms with Crippen molar-refractivity contribution in [2.75, 3.05) is 25.0 Å². The van der Waals surface area contributed by atoms with Crippen LogP contribution in [-0.2, 0) is 0 Å². The highest BCUT2D eigenvalue weighted by atomic mass is 79.9. The molecule has 1 aromatic heterocycles. The molecule has 0 unspecified atom stereocenters. The number of halogens is 1. The van der Waals surface area contributed by atoms with Gasteiger partial charge >= 0.3 is 0 Å². The van der Waals surface area contributed by atoms with Crippen molar-refractivity contribution in [3.8, 4) is 0 Å². The molecule has 0 aliphatic carbocycles. The third kappa shape index (κ3) is 3.05. The predicted molar refractivity (Wildman–Crippen MR) is 68.7 cm³/mol. The Morgan fingerprint density at radius 2 is 2.25 bits per heavy atom. The summed E-state index contributed by atoms with van der Waals surface area (Å²) in [5.74, 6) is 0.630. The zero-order valence-electron chi connectivity index (χ0n) is 9.75. The fourth-order valence-corrected chi connectivity index (χ4v) is 1.94. The van der Waals surface area contributed by atoms with Gasteiger partial charge in [0.2, 0.25) is 0 Å². The Kier molecular flexibility index (Phi) is 4.09. The van der Waals surface area contributed by atoms with Crippen molar-refractivity contribution in [3.63, 3.8) is 0 Å². The second-order valence-corrected chi connectivity index (χ2v) is 5.39. The molecule has 3 N–H and O–H groups in total. The summed E-state index contributed by atoms with van der Waals surface area (Å²) in [5.41, 5.74) is 5.48. The summed E-state index contributed by atoms with van der Waals surface area (Å²) in [6, 6.07) is 0. The van der Waals surface area contributed by atoms with E-state index in [0.29, 0.717) is 16.8 Å². The van der Waals surface area contributed by atoms with E-state index >= 15 is 0 Å². The first-order chi connectivity index (χ1) is 7.37. The topological polar surface area (TPSA) is 75.0 Å². The molecule has 0 radical (unpaired) electrons. The second kappa shape index (κ2) is 4.97. The summed E-state index contributed by atoms with van der Waals surface area (Å²) in [7, 11) is 1.89. The van der Waals surface area contributed by atoms with Gasteiger partial charge in [-0.1, -0.05) is 13.8 Å². The highest BCUT2D eigenvalue weighted by Gasteiger charge is 2.20. The normalized spacial score (nSPS) is 11.6. The van der Waals surface area contributed by atoms with Gasteiger partial charge in [0.25, 0.3) is 5.56 Å². The van der Waals surface area contributed by atoms with E-state index in [2.05, 4.69) is 39.7 Å². The van der Waals surface area contributed by atoms with Crippen LogP contribution in [0.5, 0.6) is 0 Å². The van der Waals surface area contributed by atoms with Crippen molar-refractivity contribution >= 4 is 21.7 Å². The van der Waals surface area contributed by atoms with Crippen molar-refractivity contribution < 1.29 is 0 Å². The molecule has 0 aliphatic rings. The van der Waals surface area contributed by atoms with Gasteiger partial charge in [-0.3, -0.25) is 4.79 Å². The van der Waals surface area contributed by atoms with Gasteiger partial charge in [-0.2, -0.15) is 0 Å². The quantitative estimate of drug-likeness (QED) is 0.865. The molecule has 0 atom stereocenters. The molecule has 0 spiro atoms. The number of aromatic nitrogens is 2. The van der Waals surface area contributed by atoms with E-state index in [1.54, 1.807) is 0 Å². The lowest BCUT2D eigenvalue weighted by Gasteiger charge is -2.29. The van der Waals surface area contributed by atoms with Crippen molar-refractivity contribution in [1.29, 1.82) is 0 Å². The maximum Gasteiger partial charge on any atom is 0.267 e. The van der Waals surface area contributed by atoms with Crippen LogP contribution in [0.2, 0.25) is 0 Å². The first-order valence-corrected chi connectivity index (χ1v) is 5.81. The largest absolute Gasteiger partial charge is 0.358 e. The van der Waals surface area contributed by atoms with Crippen molar-refractivity contribution in [3.05, 3.63) is 21.2 Å². The number of nitrogens with zero attached hydrogens (tertiary/aromatic N) is 2. The third-order valence-electron chi connectivity index (χ3n) is 2.36. The molecule has 0 amide bonds. The Morgan fingerprint density at radius 3 is 2.81 bits per heavy atom. The van der Waals surface area contributed by atoms with Gasteiger partial charge in [0.1, 0.15) is 10.3 Å². The van der Waals surface area contributed by atoms with Crippen LogP contribution in [0.3, 0.4) is 0 Å². The van der Waals surface area contributed by atoms with Crippen molar-refractivity contribution in [2.24, 2.45) is 11.1 Å². The molecular formula is C10H17BrN4O. The Bertz CT molecular complexity index is 416. The van der Waals surface area contributed by atoms with Gasteiger partial charge in [0.05, 0.1) is 6.33 Å². The Balaban J connectivity index is 2.93. The van der Waals surface area contributed by atoms with Gasteiger partial charge in [0.15, 0.2) is 0 Å². The summed E-state index contributed by atoms with van der Waals surface area (Å²) in [6.45, 7) is 5.46. The number of hydrogen-bond donors (Lipinski definition) is 2. The molecule has 6 heteroatoms. The monoisotopic (exact) mass is 288 g/mol. The molecule has 0 aliphatic heterocycles. The number of nitrogens with one attached hydrogen (secondary N) is 1. The lowest BCUT2D eigenvalue weighted by Crippen LogP contribution is -2.37. The molecule has 1 heterocycles. The SMILES string of the molecule is CN(CC(C)(C)CN)c1nc[nH]c(=O)c1Br. The molecule has 90 valence electrons. The van der Waals surface area contributed by atoms with Gasteiger partial charge in [-0.25, -0.2) is 4.98 Å². The lowest BCUT2D eigenvalue weighted by atomic mass is 9.93. The summed E-state index contributed by atoms with van der Waals surface area (Å²) in [4.78, 5) is 20.0. The highest BCUT2D eigenvalue weighted by molar-refractivity contribution is 9.10. The fourth-order valence-electron chi connectivity index (χ4n) is 1.42. The summed E-state index contributed by atoms with van der Waals surface area (Å²) >= 11 is 3.23. The molecule has 1 aromatic rings. The number of H-pyrrole nitrogens is 1. The number of hydrogen-bond acceptors (Lipinski definition) is 4. The van der Waals surface area contributed by atoms with E-state index in [4.69, 9.17) is 5.73 Å². The van der Waals surface area contributed by atoms with E-state index in [1.807, 2.05) is 11.9 Å². The van der Waals surface area contributed by atoms with Crippen LogP contribution >= 0.6 is 15.9 Å². The van der Waals surface area contributed by atoms with Crippen LogP contribution in [-0.4, -0.2) is 30.1 Å². The average Bonchev–Trinajstić information content (AvgIpc) is 2.21. The van der Waals surface area contributed by atoms with Crippen LogP contribution < -0.4 is 16.2 Å². The van der Waals surface area contributed by atoms with Gasteiger partial charge in [-0.05, 0) is 27.9 Å². The van der Waals surface area contributed by atoms with Crippen LogP contribution in [0.15, 0.2) is 15.6 Å². The minimum absolute atomic E-state index is 0.0154. The van der Waals surface area contributed by atoms with Crippen LogP contribution in [0.1, 0.15) is 13.8 Å². The number of anilines is 1. The van der Waals surface area contributed by atoms with Crippen LogP contribution in [0.25, 0.3) is 0 Å².